The number of likely N-dealkylation sites (N-methyl/N-ethyl adjacent to an activating group) is 1. The molecule has 0 bridgehead atoms. The molecule has 0 spiro atoms. The number of halogens is 1. The van der Waals surface area contributed by atoms with Crippen LogP contribution in [-0.2, 0) is 9.53 Å². The van der Waals surface area contributed by atoms with E-state index in [0.29, 0.717) is 24.0 Å². The number of benzene rings is 1. The van der Waals surface area contributed by atoms with Crippen LogP contribution in [0.15, 0.2) is 23.2 Å². The van der Waals surface area contributed by atoms with Gasteiger partial charge in [0, 0.05) is 39.0 Å². The van der Waals surface area contributed by atoms with Gasteiger partial charge in [0.2, 0.25) is 5.91 Å². The highest BCUT2D eigenvalue weighted by molar-refractivity contribution is 14.0. The summed E-state index contributed by atoms with van der Waals surface area (Å²) in [6.07, 6.45) is 3.45. The molecule has 8 nitrogen and oxygen atoms in total. The number of aliphatic imine (C=N–C) groups is 1. The molecule has 1 fully saturated rings. The standard InChI is InChI=1S/C19H30N4O4.HI/c1-23(2)18(24)13-21-19(20-12-15-7-5-6-10-27-15)22-14-8-9-16(25-3)17(11-14)26-4;/h8-9,11,15H,5-7,10,12-13H2,1-4H3,(H2,20,21,22);1H. The van der Waals surface area contributed by atoms with Gasteiger partial charge in [-0.25, -0.2) is 4.99 Å². The van der Waals surface area contributed by atoms with E-state index in [0.717, 1.165) is 25.1 Å². The summed E-state index contributed by atoms with van der Waals surface area (Å²) in [7, 11) is 6.60. The number of amides is 1. The Kier molecular flexibility index (Phi) is 11.0. The van der Waals surface area contributed by atoms with Gasteiger partial charge in [-0.15, -0.1) is 24.0 Å². The lowest BCUT2D eigenvalue weighted by molar-refractivity contribution is -0.127. The molecule has 158 valence electrons. The molecule has 0 aliphatic carbocycles. The monoisotopic (exact) mass is 506 g/mol. The summed E-state index contributed by atoms with van der Waals surface area (Å²) < 4.78 is 16.4. The van der Waals surface area contributed by atoms with Gasteiger partial charge in [0.1, 0.15) is 6.54 Å². The van der Waals surface area contributed by atoms with E-state index in [9.17, 15) is 4.79 Å². The highest BCUT2D eigenvalue weighted by atomic mass is 127. The lowest BCUT2D eigenvalue weighted by Crippen LogP contribution is -2.39. The number of carbonyl (C=O) groups is 1. The first kappa shape index (κ1) is 24.3. The average Bonchev–Trinajstić information content (AvgIpc) is 2.70. The maximum atomic E-state index is 11.9. The number of carbonyl (C=O) groups excluding carboxylic acids is 1. The summed E-state index contributed by atoms with van der Waals surface area (Å²) in [4.78, 5) is 17.8. The first-order valence-electron chi connectivity index (χ1n) is 9.12. The number of hydrogen-bond acceptors (Lipinski definition) is 5. The maximum Gasteiger partial charge on any atom is 0.243 e. The van der Waals surface area contributed by atoms with E-state index in [1.54, 1.807) is 28.3 Å². The lowest BCUT2D eigenvalue weighted by atomic mass is 10.1. The molecule has 1 saturated heterocycles. The SMILES string of the molecule is COc1ccc(NC(=NCC(=O)N(C)C)NCC2CCCCO2)cc1OC.I. The average molecular weight is 506 g/mol. The van der Waals surface area contributed by atoms with Crippen molar-refractivity contribution in [3.8, 4) is 11.5 Å². The second-order valence-corrected chi connectivity index (χ2v) is 6.52. The van der Waals surface area contributed by atoms with Crippen LogP contribution in [-0.4, -0.2) is 70.9 Å². The van der Waals surface area contributed by atoms with Gasteiger partial charge in [-0.05, 0) is 31.4 Å². The Labute approximate surface area is 184 Å². The Balaban J connectivity index is 0.00000392. The first-order valence-corrected chi connectivity index (χ1v) is 9.12. The van der Waals surface area contributed by atoms with Crippen LogP contribution in [0.4, 0.5) is 5.69 Å². The Morgan fingerprint density at radius 3 is 2.61 bits per heavy atom. The molecule has 1 aliphatic heterocycles. The number of hydrogen-bond donors (Lipinski definition) is 2. The largest absolute Gasteiger partial charge is 0.493 e. The molecule has 1 atom stereocenters. The third kappa shape index (κ3) is 7.70. The van der Waals surface area contributed by atoms with Crippen molar-refractivity contribution >= 4 is 41.5 Å². The number of nitrogens with one attached hydrogen (secondary N) is 2. The second kappa shape index (κ2) is 12.7. The zero-order valence-electron chi connectivity index (χ0n) is 17.0. The van der Waals surface area contributed by atoms with Crippen molar-refractivity contribution in [2.24, 2.45) is 4.99 Å². The number of rotatable bonds is 7. The third-order valence-corrected chi connectivity index (χ3v) is 4.29. The van der Waals surface area contributed by atoms with Crippen LogP contribution >= 0.6 is 24.0 Å². The summed E-state index contributed by atoms with van der Waals surface area (Å²) >= 11 is 0. The van der Waals surface area contributed by atoms with Crippen LogP contribution in [0.1, 0.15) is 19.3 Å². The van der Waals surface area contributed by atoms with Crippen molar-refractivity contribution in [3.05, 3.63) is 18.2 Å². The molecule has 9 heteroatoms. The van der Waals surface area contributed by atoms with Crippen LogP contribution < -0.4 is 20.1 Å². The predicted octanol–water partition coefficient (Wildman–Crippen LogP) is 2.34. The summed E-state index contributed by atoms with van der Waals surface area (Å²) in [5.74, 6) is 1.71. The molecular weight excluding hydrogens is 475 g/mol. The molecule has 0 radical (unpaired) electrons. The summed E-state index contributed by atoms with van der Waals surface area (Å²) in [6, 6.07) is 5.50. The molecule has 2 rings (SSSR count). The minimum absolute atomic E-state index is 0. The van der Waals surface area contributed by atoms with Crippen LogP contribution in [0, 0.1) is 0 Å². The van der Waals surface area contributed by atoms with Crippen molar-refractivity contribution in [2.75, 3.05) is 53.3 Å². The molecule has 1 aromatic rings. The summed E-state index contributed by atoms with van der Waals surface area (Å²) in [5.41, 5.74) is 0.778. The molecular formula is C19H31IN4O4. The molecule has 1 amide bonds. The minimum Gasteiger partial charge on any atom is -0.493 e. The van der Waals surface area contributed by atoms with Crippen molar-refractivity contribution < 1.29 is 19.0 Å². The molecule has 1 aromatic carbocycles. The predicted molar refractivity (Wildman–Crippen MR) is 121 cm³/mol. The Morgan fingerprint density at radius 2 is 2.00 bits per heavy atom. The number of ether oxygens (including phenoxy) is 3. The van der Waals surface area contributed by atoms with E-state index in [1.165, 1.54) is 11.3 Å². The lowest BCUT2D eigenvalue weighted by Gasteiger charge is -2.24. The van der Waals surface area contributed by atoms with E-state index in [2.05, 4.69) is 15.6 Å². The van der Waals surface area contributed by atoms with Gasteiger partial charge in [0.25, 0.3) is 0 Å². The number of anilines is 1. The first-order chi connectivity index (χ1) is 13.0. The fourth-order valence-electron chi connectivity index (χ4n) is 2.66. The molecule has 28 heavy (non-hydrogen) atoms. The number of methoxy groups -OCH3 is 2. The van der Waals surface area contributed by atoms with E-state index < -0.39 is 0 Å². The van der Waals surface area contributed by atoms with Gasteiger partial charge in [0.15, 0.2) is 17.5 Å². The zero-order chi connectivity index (χ0) is 19.6. The van der Waals surface area contributed by atoms with Gasteiger partial charge in [0.05, 0.1) is 20.3 Å². The van der Waals surface area contributed by atoms with E-state index >= 15 is 0 Å². The van der Waals surface area contributed by atoms with E-state index in [-0.39, 0.29) is 42.5 Å². The van der Waals surface area contributed by atoms with E-state index in [1.807, 2.05) is 18.2 Å². The highest BCUT2D eigenvalue weighted by Gasteiger charge is 2.15. The quantitative estimate of drug-likeness (QED) is 0.336. The molecule has 1 unspecified atom stereocenters. The Morgan fingerprint density at radius 1 is 1.25 bits per heavy atom. The molecule has 1 heterocycles. The van der Waals surface area contributed by atoms with Crippen molar-refractivity contribution in [2.45, 2.75) is 25.4 Å². The number of guanidine groups is 1. The topological polar surface area (TPSA) is 84.4 Å². The number of nitrogens with zero attached hydrogens (tertiary/aromatic N) is 2. The van der Waals surface area contributed by atoms with Gasteiger partial charge in [-0.1, -0.05) is 0 Å². The molecule has 1 aliphatic rings. The molecule has 0 aromatic heterocycles. The fraction of sp³-hybridized carbons (Fsp3) is 0.579. The minimum atomic E-state index is -0.0719. The van der Waals surface area contributed by atoms with Gasteiger partial charge in [-0.3, -0.25) is 4.79 Å². The second-order valence-electron chi connectivity index (χ2n) is 6.52. The fourth-order valence-corrected chi connectivity index (χ4v) is 2.66. The van der Waals surface area contributed by atoms with Crippen LogP contribution in [0.5, 0.6) is 11.5 Å². The summed E-state index contributed by atoms with van der Waals surface area (Å²) in [6.45, 7) is 1.48. The Bertz CT molecular complexity index is 649. The zero-order valence-corrected chi connectivity index (χ0v) is 19.3. The maximum absolute atomic E-state index is 11.9. The third-order valence-electron chi connectivity index (χ3n) is 4.29. The highest BCUT2D eigenvalue weighted by Crippen LogP contribution is 2.29. The van der Waals surface area contributed by atoms with Crippen LogP contribution in [0.3, 0.4) is 0 Å². The van der Waals surface area contributed by atoms with Crippen LogP contribution in [0.2, 0.25) is 0 Å². The van der Waals surface area contributed by atoms with E-state index in [4.69, 9.17) is 14.2 Å². The van der Waals surface area contributed by atoms with Crippen molar-refractivity contribution in [1.82, 2.24) is 10.2 Å². The van der Waals surface area contributed by atoms with Gasteiger partial charge in [-0.2, -0.15) is 0 Å². The van der Waals surface area contributed by atoms with Crippen molar-refractivity contribution in [3.63, 3.8) is 0 Å². The smallest absolute Gasteiger partial charge is 0.243 e. The van der Waals surface area contributed by atoms with Gasteiger partial charge >= 0.3 is 0 Å². The van der Waals surface area contributed by atoms with Crippen LogP contribution in [0.25, 0.3) is 0 Å². The van der Waals surface area contributed by atoms with Crippen molar-refractivity contribution in [1.29, 1.82) is 0 Å². The molecule has 2 N–H and O–H groups in total. The summed E-state index contributed by atoms with van der Waals surface area (Å²) in [5, 5.41) is 6.49. The molecule has 0 saturated carbocycles. The Hall–Kier alpha value is -1.75. The normalized spacial score (nSPS) is 16.6. The van der Waals surface area contributed by atoms with Gasteiger partial charge < -0.3 is 29.7 Å².